The van der Waals surface area contributed by atoms with E-state index in [2.05, 4.69) is 10.3 Å². The number of aryl methyl sites for hydroxylation is 1. The molecule has 0 aliphatic carbocycles. The third-order valence-electron chi connectivity index (χ3n) is 5.24. The number of ether oxygens (including phenoxy) is 1. The summed E-state index contributed by atoms with van der Waals surface area (Å²) in [4.78, 5) is 28.8. The van der Waals surface area contributed by atoms with Crippen molar-refractivity contribution in [1.82, 2.24) is 10.3 Å². The number of rotatable bonds is 10. The van der Waals surface area contributed by atoms with Crippen LogP contribution in [0, 0.1) is 18.7 Å². The summed E-state index contributed by atoms with van der Waals surface area (Å²) in [5.74, 6) is -1.87. The normalized spacial score (nSPS) is 12.7. The standard InChI is InChI=1S/C25H26ClFN2O5/c1-3-33-25(32)18(14-30)11-20(29-23(31)24-28-13-15(2)34-24)10-16-4-6-17(7-5-16)21-12-19(26)8-9-22(21)27/h4-9,12-13,18,20,30H,3,10-11,14H2,1-2H3,(H,29,31)/t18-,20+/m0/s1. The largest absolute Gasteiger partial charge is 0.466 e. The predicted octanol–water partition coefficient (Wildman–Crippen LogP) is 4.35. The van der Waals surface area contributed by atoms with E-state index in [1.807, 2.05) is 12.1 Å². The van der Waals surface area contributed by atoms with E-state index in [-0.39, 0.29) is 24.7 Å². The van der Waals surface area contributed by atoms with Gasteiger partial charge in [-0.2, -0.15) is 0 Å². The molecule has 0 spiro atoms. The van der Waals surface area contributed by atoms with Crippen LogP contribution in [0.15, 0.2) is 53.1 Å². The molecule has 3 rings (SSSR count). The summed E-state index contributed by atoms with van der Waals surface area (Å²) in [5, 5.41) is 13.0. The van der Waals surface area contributed by atoms with Crippen LogP contribution < -0.4 is 5.32 Å². The quantitative estimate of drug-likeness (QED) is 0.411. The first-order valence-corrected chi connectivity index (χ1v) is 11.2. The van der Waals surface area contributed by atoms with Gasteiger partial charge in [0.15, 0.2) is 0 Å². The van der Waals surface area contributed by atoms with Crippen LogP contribution in [0.5, 0.6) is 0 Å². The van der Waals surface area contributed by atoms with Gasteiger partial charge < -0.3 is 19.6 Å². The first kappa shape index (κ1) is 25.4. The molecule has 7 nitrogen and oxygen atoms in total. The van der Waals surface area contributed by atoms with Crippen molar-refractivity contribution < 1.29 is 28.2 Å². The van der Waals surface area contributed by atoms with Crippen LogP contribution in [0.1, 0.15) is 35.4 Å². The molecule has 9 heteroatoms. The molecule has 1 aromatic heterocycles. The van der Waals surface area contributed by atoms with E-state index in [9.17, 15) is 19.1 Å². The van der Waals surface area contributed by atoms with Crippen LogP contribution in [-0.2, 0) is 16.0 Å². The third kappa shape index (κ3) is 6.65. The van der Waals surface area contributed by atoms with Crippen molar-refractivity contribution in [2.45, 2.75) is 32.7 Å². The Morgan fingerprint density at radius 2 is 1.97 bits per heavy atom. The van der Waals surface area contributed by atoms with Crippen LogP contribution in [-0.4, -0.2) is 41.2 Å². The fourth-order valence-electron chi connectivity index (χ4n) is 3.57. The molecular formula is C25H26ClFN2O5. The minimum absolute atomic E-state index is 0.0917. The molecule has 1 heterocycles. The number of aliphatic hydroxyl groups excluding tert-OH is 1. The van der Waals surface area contributed by atoms with E-state index < -0.39 is 30.4 Å². The molecule has 0 unspecified atom stereocenters. The second kappa shape index (κ2) is 11.8. The summed E-state index contributed by atoms with van der Waals surface area (Å²) in [6, 6.07) is 11.0. The summed E-state index contributed by atoms with van der Waals surface area (Å²) in [7, 11) is 0. The highest BCUT2D eigenvalue weighted by Gasteiger charge is 2.26. The van der Waals surface area contributed by atoms with Gasteiger partial charge in [0.05, 0.1) is 25.3 Å². The number of benzene rings is 2. The van der Waals surface area contributed by atoms with Gasteiger partial charge in [0.1, 0.15) is 11.6 Å². The van der Waals surface area contributed by atoms with Crippen molar-refractivity contribution in [2.24, 2.45) is 5.92 Å². The fraction of sp³-hybridized carbons (Fsp3) is 0.320. The number of amides is 1. The summed E-state index contributed by atoms with van der Waals surface area (Å²) in [6.07, 6.45) is 1.93. The number of hydrogen-bond donors (Lipinski definition) is 2. The highest BCUT2D eigenvalue weighted by atomic mass is 35.5. The molecule has 0 fully saturated rings. The highest BCUT2D eigenvalue weighted by molar-refractivity contribution is 6.30. The van der Waals surface area contributed by atoms with Crippen LogP contribution in [0.4, 0.5) is 4.39 Å². The van der Waals surface area contributed by atoms with Crippen molar-refractivity contribution in [1.29, 1.82) is 0 Å². The second-order valence-corrected chi connectivity index (χ2v) is 8.28. The molecule has 2 aromatic carbocycles. The van der Waals surface area contributed by atoms with Gasteiger partial charge in [-0.1, -0.05) is 35.9 Å². The molecule has 0 aliphatic rings. The number of oxazole rings is 1. The van der Waals surface area contributed by atoms with Gasteiger partial charge in [-0.15, -0.1) is 0 Å². The number of carbonyl (C=O) groups is 2. The van der Waals surface area contributed by atoms with E-state index in [4.69, 9.17) is 20.8 Å². The van der Waals surface area contributed by atoms with Gasteiger partial charge in [0.25, 0.3) is 5.89 Å². The van der Waals surface area contributed by atoms with Crippen LogP contribution in [0.25, 0.3) is 11.1 Å². The molecule has 0 radical (unpaired) electrons. The zero-order chi connectivity index (χ0) is 24.7. The van der Waals surface area contributed by atoms with E-state index in [0.29, 0.717) is 28.3 Å². The second-order valence-electron chi connectivity index (χ2n) is 7.84. The lowest BCUT2D eigenvalue weighted by molar-refractivity contribution is -0.149. The summed E-state index contributed by atoms with van der Waals surface area (Å²) in [6.45, 7) is 3.12. The number of aliphatic hydroxyl groups is 1. The van der Waals surface area contributed by atoms with Gasteiger partial charge in [-0.3, -0.25) is 9.59 Å². The number of esters is 1. The maximum Gasteiger partial charge on any atom is 0.311 e. The molecular weight excluding hydrogens is 463 g/mol. The lowest BCUT2D eigenvalue weighted by atomic mass is 9.94. The average molecular weight is 489 g/mol. The zero-order valence-electron chi connectivity index (χ0n) is 18.9. The van der Waals surface area contributed by atoms with Crippen LogP contribution in [0.2, 0.25) is 5.02 Å². The molecule has 34 heavy (non-hydrogen) atoms. The number of nitrogens with one attached hydrogen (secondary N) is 1. The van der Waals surface area contributed by atoms with E-state index in [1.54, 1.807) is 32.0 Å². The fourth-order valence-corrected chi connectivity index (χ4v) is 3.74. The SMILES string of the molecule is CCOC(=O)[C@H](CO)C[C@@H](Cc1ccc(-c2cc(Cl)ccc2F)cc1)NC(=O)c1ncc(C)o1. The maximum absolute atomic E-state index is 14.2. The Kier molecular flexibility index (Phi) is 8.79. The number of hydrogen-bond acceptors (Lipinski definition) is 6. The molecule has 1 amide bonds. The Balaban J connectivity index is 1.80. The number of halogens is 2. The zero-order valence-corrected chi connectivity index (χ0v) is 19.6. The first-order chi connectivity index (χ1) is 16.3. The van der Waals surface area contributed by atoms with E-state index in [0.717, 1.165) is 5.56 Å². The van der Waals surface area contributed by atoms with Gasteiger partial charge >= 0.3 is 11.9 Å². The monoisotopic (exact) mass is 488 g/mol. The van der Waals surface area contributed by atoms with Crippen LogP contribution in [0.3, 0.4) is 0 Å². The van der Waals surface area contributed by atoms with Crippen molar-refractivity contribution in [3.8, 4) is 11.1 Å². The average Bonchev–Trinajstić information content (AvgIpc) is 3.26. The van der Waals surface area contributed by atoms with Gasteiger partial charge in [0.2, 0.25) is 0 Å². The van der Waals surface area contributed by atoms with Gasteiger partial charge in [-0.25, -0.2) is 9.37 Å². The van der Waals surface area contributed by atoms with Gasteiger partial charge in [-0.05, 0) is 56.0 Å². The molecule has 0 bridgehead atoms. The smallest absolute Gasteiger partial charge is 0.311 e. The van der Waals surface area contributed by atoms with Crippen molar-refractivity contribution >= 4 is 23.5 Å². The number of carbonyl (C=O) groups excluding carboxylic acids is 2. The molecule has 2 N–H and O–H groups in total. The van der Waals surface area contributed by atoms with Crippen molar-refractivity contribution in [2.75, 3.05) is 13.2 Å². The topological polar surface area (TPSA) is 102 Å². The lowest BCUT2D eigenvalue weighted by Gasteiger charge is -2.22. The number of aromatic nitrogens is 1. The van der Waals surface area contributed by atoms with Crippen LogP contribution >= 0.6 is 11.6 Å². The Morgan fingerprint density at radius 1 is 1.24 bits per heavy atom. The third-order valence-corrected chi connectivity index (χ3v) is 5.47. The predicted molar refractivity (Wildman–Crippen MR) is 125 cm³/mol. The minimum atomic E-state index is -0.809. The molecule has 3 aromatic rings. The van der Waals surface area contributed by atoms with E-state index in [1.165, 1.54) is 18.3 Å². The van der Waals surface area contributed by atoms with Crippen molar-refractivity contribution in [3.05, 3.63) is 76.7 Å². The molecule has 0 saturated carbocycles. The minimum Gasteiger partial charge on any atom is -0.466 e. The Morgan fingerprint density at radius 3 is 2.59 bits per heavy atom. The first-order valence-electron chi connectivity index (χ1n) is 10.9. The highest BCUT2D eigenvalue weighted by Crippen LogP contribution is 2.27. The Hall–Kier alpha value is -3.23. The molecule has 0 aliphatic heterocycles. The number of nitrogens with zero attached hydrogens (tertiary/aromatic N) is 1. The summed E-state index contributed by atoms with van der Waals surface area (Å²) < 4.78 is 24.5. The molecule has 180 valence electrons. The maximum atomic E-state index is 14.2. The Labute approximate surface area is 201 Å². The van der Waals surface area contributed by atoms with Crippen molar-refractivity contribution in [3.63, 3.8) is 0 Å². The summed E-state index contributed by atoms with van der Waals surface area (Å²) >= 11 is 6.00. The van der Waals surface area contributed by atoms with E-state index >= 15 is 0 Å². The molecule has 0 saturated heterocycles. The molecule has 2 atom stereocenters. The lowest BCUT2D eigenvalue weighted by Crippen LogP contribution is -2.40. The Bertz CT molecular complexity index is 1130. The van der Waals surface area contributed by atoms with Gasteiger partial charge in [0, 0.05) is 16.6 Å². The summed E-state index contributed by atoms with van der Waals surface area (Å²) in [5.41, 5.74) is 1.87.